The van der Waals surface area contributed by atoms with E-state index in [1.807, 2.05) is 20.8 Å². The molecule has 0 saturated heterocycles. The summed E-state index contributed by atoms with van der Waals surface area (Å²) in [5.41, 5.74) is -0.739. The Kier molecular flexibility index (Phi) is 12.1. The Morgan fingerprint density at radius 2 is 1.46 bits per heavy atom. The fraction of sp³-hybridized carbons (Fsp3) is 0.824. The van der Waals surface area contributed by atoms with Crippen molar-refractivity contribution in [1.82, 2.24) is 0 Å². The van der Waals surface area contributed by atoms with E-state index in [1.54, 1.807) is 0 Å². The number of carbonyl (C=O) groups is 3. The summed E-state index contributed by atoms with van der Waals surface area (Å²) < 4.78 is 16.2. The molecule has 0 saturated carbocycles. The van der Waals surface area contributed by atoms with E-state index in [4.69, 9.17) is 19.3 Å². The first kappa shape index (κ1) is 22.5. The number of hydrogen-bond acceptors (Lipinski definition) is 6. The van der Waals surface area contributed by atoms with Crippen LogP contribution in [0.1, 0.15) is 52.9 Å². The number of Topliss-reactive ketones (excluding diaryl/α,β-unsaturated/α-hetero) is 1. The van der Waals surface area contributed by atoms with Crippen molar-refractivity contribution in [2.45, 2.75) is 52.9 Å². The van der Waals surface area contributed by atoms with Crippen LogP contribution in [0.3, 0.4) is 0 Å². The Labute approximate surface area is 143 Å². The highest BCUT2D eigenvalue weighted by molar-refractivity contribution is 5.79. The van der Waals surface area contributed by atoms with E-state index < -0.39 is 17.4 Å². The first-order valence-electron chi connectivity index (χ1n) is 8.43. The van der Waals surface area contributed by atoms with Crippen LogP contribution in [0.5, 0.6) is 0 Å². The molecule has 0 radical (unpaired) electrons. The average Bonchev–Trinajstić information content (AvgIpc) is 2.54. The van der Waals surface area contributed by atoms with E-state index in [9.17, 15) is 14.4 Å². The van der Waals surface area contributed by atoms with Gasteiger partial charge >= 0.3 is 11.9 Å². The van der Waals surface area contributed by atoms with Crippen LogP contribution in [0.4, 0.5) is 0 Å². The van der Waals surface area contributed by atoms with Gasteiger partial charge in [0.25, 0.3) is 0 Å². The molecule has 0 aliphatic rings. The van der Waals surface area contributed by atoms with Gasteiger partial charge in [0, 0.05) is 26.1 Å². The number of aliphatic carboxylic acids is 1. The largest absolute Gasteiger partial charge is 0.481 e. The minimum atomic E-state index is -1.06. The van der Waals surface area contributed by atoms with Gasteiger partial charge in [-0.3, -0.25) is 14.4 Å². The minimum absolute atomic E-state index is 0.0269. The predicted octanol–water partition coefficient (Wildman–Crippen LogP) is 2.21. The van der Waals surface area contributed by atoms with Crippen molar-refractivity contribution in [1.29, 1.82) is 0 Å². The van der Waals surface area contributed by atoms with Crippen molar-refractivity contribution < 1.29 is 33.7 Å². The topological polar surface area (TPSA) is 99.1 Å². The molecule has 24 heavy (non-hydrogen) atoms. The maximum atomic E-state index is 12.1. The summed E-state index contributed by atoms with van der Waals surface area (Å²) in [6.07, 6.45) is 0.922. The highest BCUT2D eigenvalue weighted by Crippen LogP contribution is 2.26. The molecule has 7 heteroatoms. The average molecular weight is 346 g/mol. The third-order valence-electron chi connectivity index (χ3n) is 3.41. The molecule has 0 heterocycles. The minimum Gasteiger partial charge on any atom is -0.481 e. The maximum Gasteiger partial charge on any atom is 0.306 e. The molecule has 0 aliphatic carbocycles. The summed E-state index contributed by atoms with van der Waals surface area (Å²) >= 11 is 0. The molecular formula is C17H30O7. The lowest BCUT2D eigenvalue weighted by atomic mass is 9.84. The lowest BCUT2D eigenvalue weighted by Crippen LogP contribution is -2.40. The lowest BCUT2D eigenvalue weighted by molar-refractivity contribution is -0.155. The van der Waals surface area contributed by atoms with Gasteiger partial charge in [0.1, 0.15) is 12.4 Å². The van der Waals surface area contributed by atoms with Crippen LogP contribution in [-0.4, -0.2) is 55.9 Å². The van der Waals surface area contributed by atoms with Crippen molar-refractivity contribution in [3.63, 3.8) is 0 Å². The molecule has 0 fully saturated rings. The van der Waals surface area contributed by atoms with Crippen molar-refractivity contribution >= 4 is 17.7 Å². The second-order valence-electron chi connectivity index (χ2n) is 5.79. The molecule has 0 bridgehead atoms. The molecule has 0 spiro atoms. The van der Waals surface area contributed by atoms with Gasteiger partial charge in [-0.25, -0.2) is 0 Å². The Balaban J connectivity index is 4.90. The molecule has 0 atom stereocenters. The fourth-order valence-corrected chi connectivity index (χ4v) is 2.22. The van der Waals surface area contributed by atoms with Gasteiger partial charge < -0.3 is 19.3 Å². The SMILES string of the molecule is CCCC(=O)CC(COCC)(COCC)COC(=O)CCC(=O)O. The van der Waals surface area contributed by atoms with Gasteiger partial charge in [0.05, 0.1) is 31.5 Å². The summed E-state index contributed by atoms with van der Waals surface area (Å²) in [6, 6.07) is 0. The molecule has 0 aromatic carbocycles. The summed E-state index contributed by atoms with van der Waals surface area (Å²) in [5, 5.41) is 8.61. The third-order valence-corrected chi connectivity index (χ3v) is 3.41. The van der Waals surface area contributed by atoms with E-state index >= 15 is 0 Å². The molecule has 0 aromatic heterocycles. The molecule has 0 aliphatic heterocycles. The summed E-state index contributed by atoms with van der Waals surface area (Å²) in [4.78, 5) is 34.3. The van der Waals surface area contributed by atoms with Gasteiger partial charge in [0.2, 0.25) is 0 Å². The van der Waals surface area contributed by atoms with E-state index in [0.29, 0.717) is 19.6 Å². The van der Waals surface area contributed by atoms with Gasteiger partial charge in [-0.2, -0.15) is 0 Å². The first-order chi connectivity index (χ1) is 11.4. The van der Waals surface area contributed by atoms with Crippen LogP contribution in [0.15, 0.2) is 0 Å². The first-order valence-corrected chi connectivity index (χ1v) is 8.43. The zero-order chi connectivity index (χ0) is 18.4. The normalized spacial score (nSPS) is 11.3. The van der Waals surface area contributed by atoms with Gasteiger partial charge in [0.15, 0.2) is 0 Å². The number of carbonyl (C=O) groups excluding carboxylic acids is 2. The Morgan fingerprint density at radius 1 is 0.875 bits per heavy atom. The molecule has 0 unspecified atom stereocenters. The van der Waals surface area contributed by atoms with Crippen LogP contribution in [0, 0.1) is 5.41 Å². The molecule has 0 amide bonds. The van der Waals surface area contributed by atoms with Crippen molar-refractivity contribution in [2.24, 2.45) is 5.41 Å². The van der Waals surface area contributed by atoms with Crippen LogP contribution in [0.2, 0.25) is 0 Å². The van der Waals surface area contributed by atoms with Crippen LogP contribution < -0.4 is 0 Å². The zero-order valence-electron chi connectivity index (χ0n) is 15.0. The number of ketones is 1. The second-order valence-corrected chi connectivity index (χ2v) is 5.79. The summed E-state index contributed by atoms with van der Waals surface area (Å²) in [5.74, 6) is -1.59. The van der Waals surface area contributed by atoms with Gasteiger partial charge in [-0.05, 0) is 20.3 Å². The predicted molar refractivity (Wildman–Crippen MR) is 87.8 cm³/mol. The molecule has 140 valence electrons. The second kappa shape index (κ2) is 12.9. The maximum absolute atomic E-state index is 12.1. The molecular weight excluding hydrogens is 316 g/mol. The highest BCUT2D eigenvalue weighted by Gasteiger charge is 2.35. The number of hydrogen-bond donors (Lipinski definition) is 1. The number of carboxylic acid groups (broad SMARTS) is 1. The van der Waals surface area contributed by atoms with E-state index in [2.05, 4.69) is 0 Å². The van der Waals surface area contributed by atoms with Gasteiger partial charge in [-0.1, -0.05) is 6.92 Å². The van der Waals surface area contributed by atoms with E-state index in [0.717, 1.165) is 6.42 Å². The van der Waals surface area contributed by atoms with Crippen LogP contribution in [0.25, 0.3) is 0 Å². The Hall–Kier alpha value is -1.47. The number of ether oxygens (including phenoxy) is 3. The molecule has 0 aromatic rings. The van der Waals surface area contributed by atoms with Crippen LogP contribution in [-0.2, 0) is 28.6 Å². The molecule has 0 rings (SSSR count). The van der Waals surface area contributed by atoms with E-state index in [1.165, 1.54) is 0 Å². The third kappa shape index (κ3) is 10.3. The summed E-state index contributed by atoms with van der Waals surface area (Å²) in [7, 11) is 0. The quantitative estimate of drug-likeness (QED) is 0.454. The van der Waals surface area contributed by atoms with Crippen LogP contribution >= 0.6 is 0 Å². The summed E-state index contributed by atoms with van der Waals surface area (Å²) in [6.45, 7) is 7.02. The van der Waals surface area contributed by atoms with E-state index in [-0.39, 0.29) is 44.9 Å². The fourth-order valence-electron chi connectivity index (χ4n) is 2.22. The van der Waals surface area contributed by atoms with Gasteiger partial charge in [-0.15, -0.1) is 0 Å². The zero-order valence-corrected chi connectivity index (χ0v) is 15.0. The lowest BCUT2D eigenvalue weighted by Gasteiger charge is -2.32. The number of rotatable bonds is 15. The van der Waals surface area contributed by atoms with Crippen molar-refractivity contribution in [2.75, 3.05) is 33.0 Å². The number of carboxylic acids is 1. The van der Waals surface area contributed by atoms with Crippen molar-refractivity contribution in [3.8, 4) is 0 Å². The Morgan fingerprint density at radius 3 is 1.92 bits per heavy atom. The smallest absolute Gasteiger partial charge is 0.306 e. The number of esters is 1. The Bertz CT molecular complexity index is 384. The van der Waals surface area contributed by atoms with Crippen molar-refractivity contribution in [3.05, 3.63) is 0 Å². The highest BCUT2D eigenvalue weighted by atomic mass is 16.5. The molecule has 1 N–H and O–H groups in total. The molecule has 7 nitrogen and oxygen atoms in total. The monoisotopic (exact) mass is 346 g/mol. The standard InChI is InChI=1S/C17H30O7/c1-4-7-14(18)10-17(11-22-5-2,12-23-6-3)13-24-16(21)9-8-15(19)20/h4-13H2,1-3H3,(H,19,20).